The van der Waals surface area contributed by atoms with Crippen LogP contribution in [0.25, 0.3) is 6.08 Å². The van der Waals surface area contributed by atoms with Crippen LogP contribution < -0.4 is 4.74 Å². The van der Waals surface area contributed by atoms with Crippen molar-refractivity contribution in [1.29, 1.82) is 0 Å². The number of ether oxygens (including phenoxy) is 2. The number of cyclic esters (lactones) is 1. The molecule has 0 aliphatic carbocycles. The number of rotatable bonds is 3. The number of nitrogens with zero attached hydrogens (tertiary/aromatic N) is 1. The summed E-state index contributed by atoms with van der Waals surface area (Å²) in [7, 11) is 0. The van der Waals surface area contributed by atoms with Crippen molar-refractivity contribution in [3.8, 4) is 5.75 Å². The van der Waals surface area contributed by atoms with E-state index in [2.05, 4.69) is 36.9 Å². The molecule has 1 aliphatic heterocycles. The number of furan rings is 1. The molecule has 0 fully saturated rings. The highest BCUT2D eigenvalue weighted by Gasteiger charge is 2.26. The Labute approximate surface area is 153 Å². The second-order valence-corrected chi connectivity index (χ2v) is 6.43. The Morgan fingerprint density at radius 1 is 1.29 bits per heavy atom. The van der Waals surface area contributed by atoms with Crippen LogP contribution in [0.15, 0.2) is 54.6 Å². The van der Waals surface area contributed by atoms with E-state index in [4.69, 9.17) is 13.9 Å². The summed E-state index contributed by atoms with van der Waals surface area (Å²) in [6.07, 6.45) is 3.03. The number of carbonyl (C=O) groups excluding carboxylic acids is 2. The van der Waals surface area contributed by atoms with Gasteiger partial charge in [-0.3, -0.25) is 4.79 Å². The molecule has 0 atom stereocenters. The maximum absolute atomic E-state index is 11.9. The minimum atomic E-state index is -0.572. The molecule has 0 saturated heterocycles. The van der Waals surface area contributed by atoms with Gasteiger partial charge in [0.1, 0.15) is 0 Å². The van der Waals surface area contributed by atoms with E-state index < -0.39 is 11.9 Å². The highest BCUT2D eigenvalue weighted by molar-refractivity contribution is 9.11. The summed E-state index contributed by atoms with van der Waals surface area (Å²) < 4.78 is 16.5. The van der Waals surface area contributed by atoms with Crippen LogP contribution in [0.3, 0.4) is 0 Å². The zero-order valence-corrected chi connectivity index (χ0v) is 15.4. The molecule has 1 aromatic heterocycles. The number of hydrogen-bond donors (Lipinski definition) is 0. The first-order valence-electron chi connectivity index (χ1n) is 6.68. The van der Waals surface area contributed by atoms with Crippen LogP contribution in [0.5, 0.6) is 5.75 Å². The van der Waals surface area contributed by atoms with Crippen LogP contribution in [0, 0.1) is 0 Å². The van der Waals surface area contributed by atoms with Crippen molar-refractivity contribution in [2.75, 3.05) is 0 Å². The molecule has 0 bridgehead atoms. The van der Waals surface area contributed by atoms with E-state index in [0.717, 1.165) is 0 Å². The first kappa shape index (κ1) is 16.7. The molecular formula is C16H9Br2NO5. The van der Waals surface area contributed by atoms with E-state index in [9.17, 15) is 9.59 Å². The van der Waals surface area contributed by atoms with Crippen molar-refractivity contribution < 1.29 is 23.5 Å². The number of hydrogen-bond acceptors (Lipinski definition) is 6. The lowest BCUT2D eigenvalue weighted by molar-refractivity contribution is -0.132. The molecule has 0 amide bonds. The van der Waals surface area contributed by atoms with Crippen molar-refractivity contribution in [2.45, 2.75) is 6.92 Å². The molecule has 2 aromatic rings. The molecule has 1 aliphatic rings. The van der Waals surface area contributed by atoms with E-state index in [1.807, 2.05) is 0 Å². The first-order chi connectivity index (χ1) is 11.4. The van der Waals surface area contributed by atoms with Gasteiger partial charge in [0, 0.05) is 6.92 Å². The van der Waals surface area contributed by atoms with Crippen molar-refractivity contribution >= 4 is 55.8 Å². The molecule has 6 nitrogen and oxygen atoms in total. The smallest absolute Gasteiger partial charge is 0.363 e. The third-order valence-electron chi connectivity index (χ3n) is 2.92. The molecular weight excluding hydrogens is 446 g/mol. The van der Waals surface area contributed by atoms with Gasteiger partial charge in [0.2, 0.25) is 0 Å². The predicted octanol–water partition coefficient (Wildman–Crippen LogP) is 4.07. The molecule has 0 N–H and O–H groups in total. The topological polar surface area (TPSA) is 78.1 Å². The van der Waals surface area contributed by atoms with Gasteiger partial charge < -0.3 is 13.9 Å². The minimum Gasteiger partial charge on any atom is -0.459 e. The molecule has 3 rings (SSSR count). The van der Waals surface area contributed by atoms with E-state index in [0.29, 0.717) is 26.0 Å². The predicted molar refractivity (Wildman–Crippen MR) is 92.5 cm³/mol. The summed E-state index contributed by atoms with van der Waals surface area (Å²) in [5.41, 5.74) is 0.807. The van der Waals surface area contributed by atoms with E-state index in [-0.39, 0.29) is 11.6 Å². The quantitative estimate of drug-likeness (QED) is 0.396. The Bertz CT molecular complexity index is 861. The molecule has 0 spiro atoms. The van der Waals surface area contributed by atoms with Crippen molar-refractivity contribution in [1.82, 2.24) is 0 Å². The van der Waals surface area contributed by atoms with Gasteiger partial charge in [-0.25, -0.2) is 9.79 Å². The average molecular weight is 455 g/mol. The van der Waals surface area contributed by atoms with E-state index in [1.165, 1.54) is 13.2 Å². The molecule has 8 heteroatoms. The van der Waals surface area contributed by atoms with Crippen LogP contribution in [-0.4, -0.2) is 17.8 Å². The summed E-state index contributed by atoms with van der Waals surface area (Å²) in [6, 6.07) is 6.72. The standard InChI is InChI=1S/C16H9Br2NO5/c1-8(20)23-14-10(17)5-9(6-11(14)18)7-12-16(21)24-15(19-12)13-3-2-4-22-13/h2-7H,1H3/b12-7-. The first-order valence-corrected chi connectivity index (χ1v) is 8.26. The Morgan fingerprint density at radius 2 is 2.00 bits per heavy atom. The lowest BCUT2D eigenvalue weighted by Gasteiger charge is -2.08. The van der Waals surface area contributed by atoms with Crippen molar-refractivity contribution in [2.24, 2.45) is 4.99 Å². The summed E-state index contributed by atoms with van der Waals surface area (Å²) in [4.78, 5) is 27.2. The molecule has 0 unspecified atom stereocenters. The zero-order valence-electron chi connectivity index (χ0n) is 12.2. The second-order valence-electron chi connectivity index (χ2n) is 4.72. The fraction of sp³-hybridized carbons (Fsp3) is 0.0625. The largest absolute Gasteiger partial charge is 0.459 e. The maximum atomic E-state index is 11.9. The van der Waals surface area contributed by atoms with Gasteiger partial charge >= 0.3 is 11.9 Å². The van der Waals surface area contributed by atoms with Crippen molar-refractivity contribution in [3.63, 3.8) is 0 Å². The second kappa shape index (κ2) is 6.74. The van der Waals surface area contributed by atoms with Gasteiger partial charge in [-0.1, -0.05) is 0 Å². The summed E-state index contributed by atoms with van der Waals surface area (Å²) in [6.45, 7) is 1.31. The van der Waals surface area contributed by atoms with Gasteiger partial charge in [-0.2, -0.15) is 0 Å². The number of carbonyl (C=O) groups is 2. The Kier molecular flexibility index (Phi) is 4.68. The lowest BCUT2D eigenvalue weighted by Crippen LogP contribution is -2.04. The third-order valence-corrected chi connectivity index (χ3v) is 4.10. The van der Waals surface area contributed by atoms with Crippen LogP contribution in [-0.2, 0) is 14.3 Å². The lowest BCUT2D eigenvalue weighted by atomic mass is 10.2. The Morgan fingerprint density at radius 3 is 2.58 bits per heavy atom. The highest BCUT2D eigenvalue weighted by atomic mass is 79.9. The number of halogens is 2. The van der Waals surface area contributed by atoms with Gasteiger partial charge in [-0.05, 0) is 67.8 Å². The molecule has 24 heavy (non-hydrogen) atoms. The van der Waals surface area contributed by atoms with Gasteiger partial charge in [0.05, 0.1) is 15.2 Å². The molecule has 2 heterocycles. The molecule has 122 valence electrons. The summed E-state index contributed by atoms with van der Waals surface area (Å²) >= 11 is 6.66. The number of aliphatic imine (C=N–C) groups is 1. The van der Waals surface area contributed by atoms with Crippen LogP contribution in [0.4, 0.5) is 0 Å². The highest BCUT2D eigenvalue weighted by Crippen LogP contribution is 2.35. The molecule has 0 radical (unpaired) electrons. The van der Waals surface area contributed by atoms with Crippen molar-refractivity contribution in [3.05, 3.63) is 56.5 Å². The van der Waals surface area contributed by atoms with Crippen LogP contribution in [0.1, 0.15) is 18.2 Å². The third kappa shape index (κ3) is 3.49. The normalized spacial score (nSPS) is 15.4. The molecule has 1 aromatic carbocycles. The maximum Gasteiger partial charge on any atom is 0.363 e. The van der Waals surface area contributed by atoms with Crippen LogP contribution in [0.2, 0.25) is 0 Å². The molecule has 0 saturated carbocycles. The average Bonchev–Trinajstić information content (AvgIpc) is 3.13. The minimum absolute atomic E-state index is 0.117. The fourth-order valence-corrected chi connectivity index (χ4v) is 3.36. The van der Waals surface area contributed by atoms with Gasteiger partial charge in [0.25, 0.3) is 5.90 Å². The summed E-state index contributed by atoms with van der Waals surface area (Å²) in [5, 5.41) is 0. The monoisotopic (exact) mass is 453 g/mol. The fourth-order valence-electron chi connectivity index (χ4n) is 1.98. The number of esters is 2. The Hall–Kier alpha value is -2.19. The van der Waals surface area contributed by atoms with Gasteiger partial charge in [0.15, 0.2) is 17.2 Å². The van der Waals surface area contributed by atoms with Crippen LogP contribution >= 0.6 is 31.9 Å². The van der Waals surface area contributed by atoms with E-state index in [1.54, 1.807) is 30.3 Å². The number of benzene rings is 1. The summed E-state index contributed by atoms with van der Waals surface area (Å²) in [5.74, 6) is -0.157. The zero-order chi connectivity index (χ0) is 17.3. The Balaban J connectivity index is 1.94. The van der Waals surface area contributed by atoms with E-state index >= 15 is 0 Å². The van der Waals surface area contributed by atoms with Gasteiger partial charge in [-0.15, -0.1) is 0 Å². The SMILES string of the molecule is CC(=O)Oc1c(Br)cc(/C=C2\N=C(c3ccco3)OC2=O)cc1Br.